The van der Waals surface area contributed by atoms with Gasteiger partial charge in [-0.15, -0.1) is 5.10 Å². The van der Waals surface area contributed by atoms with E-state index in [-0.39, 0.29) is 0 Å². The Kier molecular flexibility index (Phi) is 4.26. The molecule has 21 heavy (non-hydrogen) atoms. The van der Waals surface area contributed by atoms with Crippen molar-refractivity contribution in [3.8, 4) is 0 Å². The van der Waals surface area contributed by atoms with Crippen LogP contribution in [0.25, 0.3) is 0 Å². The van der Waals surface area contributed by atoms with Gasteiger partial charge in [-0.1, -0.05) is 12.1 Å². The van der Waals surface area contributed by atoms with Crippen LogP contribution in [-0.2, 0) is 17.6 Å². The smallest absolute Gasteiger partial charge is 0.436 e. The van der Waals surface area contributed by atoms with Gasteiger partial charge in [0.2, 0.25) is 0 Å². The number of hydrogen-bond acceptors (Lipinski definition) is 5. The van der Waals surface area contributed by atoms with Gasteiger partial charge in [-0.2, -0.15) is 4.68 Å². The number of aromatic nitrogens is 3. The molecule has 1 heterocycles. The largest absolute Gasteiger partial charge is 0.442 e. The van der Waals surface area contributed by atoms with Gasteiger partial charge in [0.1, 0.15) is 11.9 Å². The Morgan fingerprint density at radius 3 is 2.52 bits per heavy atom. The van der Waals surface area contributed by atoms with Crippen molar-refractivity contribution in [2.45, 2.75) is 39.2 Å². The van der Waals surface area contributed by atoms with E-state index in [1.165, 1.54) is 6.33 Å². The number of carbonyl (C=O) groups is 1. The molecule has 0 aliphatic heterocycles. The molecule has 2 aromatic rings. The molecule has 6 heteroatoms. The fourth-order valence-corrected chi connectivity index (χ4v) is 1.75. The zero-order valence-electron chi connectivity index (χ0n) is 12.5. The molecule has 0 atom stereocenters. The highest BCUT2D eigenvalue weighted by Crippen LogP contribution is 2.10. The van der Waals surface area contributed by atoms with E-state index < -0.39 is 11.7 Å². The van der Waals surface area contributed by atoms with Crippen LogP contribution in [0.15, 0.2) is 30.6 Å². The second-order valence-electron chi connectivity index (χ2n) is 5.83. The van der Waals surface area contributed by atoms with E-state index in [1.807, 2.05) is 45.0 Å². The average molecular weight is 288 g/mol. The summed E-state index contributed by atoms with van der Waals surface area (Å²) in [6, 6.07) is 7.67. The molecule has 0 aliphatic rings. The molecule has 1 aromatic heterocycles. The molecule has 0 saturated carbocycles. The normalized spacial score (nSPS) is 11.4. The maximum absolute atomic E-state index is 11.8. The first kappa shape index (κ1) is 15.0. The van der Waals surface area contributed by atoms with E-state index >= 15 is 0 Å². The minimum Gasteiger partial charge on any atom is -0.442 e. The topological polar surface area (TPSA) is 83.0 Å². The lowest BCUT2D eigenvalue weighted by molar-refractivity contribution is 0.0513. The maximum atomic E-state index is 11.8. The summed E-state index contributed by atoms with van der Waals surface area (Å²) in [4.78, 5) is 15.9. The van der Waals surface area contributed by atoms with E-state index in [1.54, 1.807) is 0 Å². The van der Waals surface area contributed by atoms with Gasteiger partial charge >= 0.3 is 6.09 Å². The van der Waals surface area contributed by atoms with E-state index in [0.717, 1.165) is 22.4 Å². The monoisotopic (exact) mass is 288 g/mol. The zero-order chi connectivity index (χ0) is 15.5. The molecular weight excluding hydrogens is 268 g/mol. The third-order valence-electron chi connectivity index (χ3n) is 2.74. The van der Waals surface area contributed by atoms with Gasteiger partial charge in [0.15, 0.2) is 5.82 Å². The first-order chi connectivity index (χ1) is 9.83. The highest BCUT2D eigenvalue weighted by atomic mass is 16.6. The molecule has 6 nitrogen and oxygen atoms in total. The minimum absolute atomic E-state index is 0.520. The van der Waals surface area contributed by atoms with E-state index in [2.05, 4.69) is 10.1 Å². The summed E-state index contributed by atoms with van der Waals surface area (Å²) in [5.41, 5.74) is 6.99. The Hall–Kier alpha value is -2.37. The fourth-order valence-electron chi connectivity index (χ4n) is 1.75. The summed E-state index contributed by atoms with van der Waals surface area (Å²) >= 11 is 0. The molecule has 0 saturated heterocycles. The summed E-state index contributed by atoms with van der Waals surface area (Å²) in [6.45, 7) is 5.43. The van der Waals surface area contributed by atoms with Crippen molar-refractivity contribution >= 4 is 11.8 Å². The average Bonchev–Trinajstić information content (AvgIpc) is 2.85. The molecular formula is C15H20N4O2. The summed E-state index contributed by atoms with van der Waals surface area (Å²) in [5.74, 6) is 0.609. The molecule has 0 radical (unpaired) electrons. The van der Waals surface area contributed by atoms with Crippen molar-refractivity contribution in [2.24, 2.45) is 0 Å². The Balaban J connectivity index is 1.94. The van der Waals surface area contributed by atoms with E-state index in [0.29, 0.717) is 12.2 Å². The number of hydrogen-bond donors (Lipinski definition) is 1. The molecule has 1 aromatic carbocycles. The Morgan fingerprint density at radius 1 is 1.24 bits per heavy atom. The molecule has 0 fully saturated rings. The summed E-state index contributed by atoms with van der Waals surface area (Å²) in [6.07, 6.45) is 2.30. The molecule has 112 valence electrons. The highest BCUT2D eigenvalue weighted by Gasteiger charge is 2.18. The van der Waals surface area contributed by atoms with Gasteiger partial charge < -0.3 is 10.5 Å². The number of aryl methyl sites for hydroxylation is 2. The lowest BCUT2D eigenvalue weighted by Crippen LogP contribution is -2.27. The first-order valence-electron chi connectivity index (χ1n) is 6.82. The molecule has 0 unspecified atom stereocenters. The van der Waals surface area contributed by atoms with Crippen LogP contribution in [-0.4, -0.2) is 26.5 Å². The van der Waals surface area contributed by atoms with E-state index in [9.17, 15) is 4.79 Å². The summed E-state index contributed by atoms with van der Waals surface area (Å²) in [5, 5.41) is 4.13. The van der Waals surface area contributed by atoms with Crippen LogP contribution in [0.4, 0.5) is 10.5 Å². The lowest BCUT2D eigenvalue weighted by Gasteiger charge is -2.18. The van der Waals surface area contributed by atoms with Gasteiger partial charge in [0.05, 0.1) is 0 Å². The van der Waals surface area contributed by atoms with Crippen LogP contribution >= 0.6 is 0 Å². The predicted molar refractivity (Wildman–Crippen MR) is 79.9 cm³/mol. The van der Waals surface area contributed by atoms with Gasteiger partial charge in [-0.05, 0) is 44.9 Å². The quantitative estimate of drug-likeness (QED) is 0.877. The standard InChI is InChI=1S/C15H20N4O2/c1-15(2,3)21-14(20)19-10-17-13(18-19)9-6-11-4-7-12(16)8-5-11/h4-5,7-8,10H,6,9,16H2,1-3H3. The van der Waals surface area contributed by atoms with Crippen LogP contribution < -0.4 is 5.73 Å². The molecule has 0 amide bonds. The Morgan fingerprint density at radius 2 is 1.90 bits per heavy atom. The zero-order valence-corrected chi connectivity index (χ0v) is 12.5. The number of nitrogens with two attached hydrogens (primary N) is 1. The van der Waals surface area contributed by atoms with Crippen LogP contribution in [0.2, 0.25) is 0 Å². The van der Waals surface area contributed by atoms with E-state index in [4.69, 9.17) is 10.5 Å². The van der Waals surface area contributed by atoms with Crippen molar-refractivity contribution in [3.05, 3.63) is 42.0 Å². The van der Waals surface area contributed by atoms with Crippen LogP contribution in [0.5, 0.6) is 0 Å². The Labute approximate surface area is 123 Å². The number of nitrogens with zero attached hydrogens (tertiary/aromatic N) is 3. The van der Waals surface area contributed by atoms with Gasteiger partial charge in [-0.3, -0.25) is 0 Å². The lowest BCUT2D eigenvalue weighted by atomic mass is 10.1. The Bertz CT molecular complexity index is 611. The van der Waals surface area contributed by atoms with Crippen LogP contribution in [0, 0.1) is 0 Å². The van der Waals surface area contributed by atoms with Crippen molar-refractivity contribution in [1.82, 2.24) is 14.8 Å². The molecule has 2 N–H and O–H groups in total. The van der Waals surface area contributed by atoms with Gasteiger partial charge in [-0.25, -0.2) is 9.78 Å². The van der Waals surface area contributed by atoms with Crippen LogP contribution in [0.3, 0.4) is 0 Å². The highest BCUT2D eigenvalue weighted by molar-refractivity contribution is 5.69. The van der Waals surface area contributed by atoms with Crippen molar-refractivity contribution in [2.75, 3.05) is 5.73 Å². The molecule has 0 bridgehead atoms. The number of ether oxygens (including phenoxy) is 1. The number of carbonyl (C=O) groups excluding carboxylic acids is 1. The van der Waals surface area contributed by atoms with Crippen molar-refractivity contribution in [1.29, 1.82) is 0 Å². The number of anilines is 1. The van der Waals surface area contributed by atoms with Gasteiger partial charge in [0, 0.05) is 12.1 Å². The second kappa shape index (κ2) is 5.95. The molecule has 0 spiro atoms. The summed E-state index contributed by atoms with van der Waals surface area (Å²) in [7, 11) is 0. The minimum atomic E-state index is -0.548. The molecule has 0 aliphatic carbocycles. The second-order valence-corrected chi connectivity index (χ2v) is 5.83. The van der Waals surface area contributed by atoms with Gasteiger partial charge in [0.25, 0.3) is 0 Å². The molecule has 2 rings (SSSR count). The third kappa shape index (κ3) is 4.59. The third-order valence-corrected chi connectivity index (χ3v) is 2.74. The maximum Gasteiger partial charge on any atom is 0.436 e. The number of benzene rings is 1. The predicted octanol–water partition coefficient (Wildman–Crippen LogP) is 2.43. The first-order valence-corrected chi connectivity index (χ1v) is 6.82. The van der Waals surface area contributed by atoms with Crippen molar-refractivity contribution < 1.29 is 9.53 Å². The number of nitrogen functional groups attached to an aromatic ring is 1. The van der Waals surface area contributed by atoms with Crippen LogP contribution in [0.1, 0.15) is 32.2 Å². The fraction of sp³-hybridized carbons (Fsp3) is 0.400. The van der Waals surface area contributed by atoms with Crippen molar-refractivity contribution in [3.63, 3.8) is 0 Å². The number of rotatable bonds is 3. The summed E-state index contributed by atoms with van der Waals surface area (Å²) < 4.78 is 6.35. The SMILES string of the molecule is CC(C)(C)OC(=O)n1cnc(CCc2ccc(N)cc2)n1.